The molecule has 0 bridgehead atoms. The molecule has 0 N–H and O–H groups in total. The number of carbonyl (C=O) groups is 1. The third kappa shape index (κ3) is 1.58. The number of hydrogen-bond donors (Lipinski definition) is 0. The molecule has 0 atom stereocenters. The number of benzene rings is 1. The number of carbonyl (C=O) groups excluding carboxylic acids is 1. The first-order chi connectivity index (χ1) is 6.16. The number of hydrogen-bond acceptors (Lipinski definition) is 3. The first kappa shape index (κ1) is 8.68. The predicted octanol–water partition coefficient (Wildman–Crippen LogP) is 2.64. The van der Waals surface area contributed by atoms with Crippen LogP contribution >= 0.6 is 22.6 Å². The number of fused-ring (bicyclic) bond motifs is 1. The van der Waals surface area contributed by atoms with E-state index in [1.807, 2.05) is 18.2 Å². The van der Waals surface area contributed by atoms with Crippen LogP contribution in [0.1, 0.15) is 17.6 Å². The van der Waals surface area contributed by atoms with Crippen LogP contribution in [0, 0.1) is 3.57 Å². The standard InChI is InChI=1S/C9H6INO2/c1-5(12)9-11-7-4-6(10)2-3-8(7)13-9/h2-4H,1H3. The highest BCUT2D eigenvalue weighted by atomic mass is 127. The van der Waals surface area contributed by atoms with Gasteiger partial charge >= 0.3 is 0 Å². The fourth-order valence-corrected chi connectivity index (χ4v) is 1.53. The molecule has 13 heavy (non-hydrogen) atoms. The maximum Gasteiger partial charge on any atom is 0.263 e. The first-order valence-corrected chi connectivity index (χ1v) is 4.82. The van der Waals surface area contributed by atoms with Crippen molar-refractivity contribution in [3.8, 4) is 0 Å². The van der Waals surface area contributed by atoms with Crippen molar-refractivity contribution in [3.63, 3.8) is 0 Å². The lowest BCUT2D eigenvalue weighted by Gasteiger charge is -1.86. The Kier molecular flexibility index (Phi) is 2.07. The van der Waals surface area contributed by atoms with Crippen molar-refractivity contribution in [1.82, 2.24) is 4.98 Å². The Labute approximate surface area is 88.3 Å². The summed E-state index contributed by atoms with van der Waals surface area (Å²) in [5, 5.41) is 0. The SMILES string of the molecule is CC(=O)c1nc2cc(I)ccc2o1. The second-order valence-electron chi connectivity index (χ2n) is 2.69. The summed E-state index contributed by atoms with van der Waals surface area (Å²) in [6, 6.07) is 5.61. The molecule has 0 aliphatic heterocycles. The number of rotatable bonds is 1. The molecule has 66 valence electrons. The van der Waals surface area contributed by atoms with Gasteiger partial charge in [0.05, 0.1) is 0 Å². The average Bonchev–Trinajstić information content (AvgIpc) is 2.46. The van der Waals surface area contributed by atoms with E-state index in [-0.39, 0.29) is 11.7 Å². The fourth-order valence-electron chi connectivity index (χ4n) is 1.05. The summed E-state index contributed by atoms with van der Waals surface area (Å²) < 4.78 is 6.30. The Morgan fingerprint density at radius 1 is 1.54 bits per heavy atom. The van der Waals surface area contributed by atoms with Crippen LogP contribution in [-0.2, 0) is 0 Å². The lowest BCUT2D eigenvalue weighted by molar-refractivity contribution is 0.0983. The summed E-state index contributed by atoms with van der Waals surface area (Å²) in [4.78, 5) is 15.0. The normalized spacial score (nSPS) is 10.6. The summed E-state index contributed by atoms with van der Waals surface area (Å²) in [6.45, 7) is 1.44. The Hall–Kier alpha value is -0.910. The van der Waals surface area contributed by atoms with Gasteiger partial charge in [-0.25, -0.2) is 4.98 Å². The molecule has 0 unspecified atom stereocenters. The molecule has 0 aliphatic carbocycles. The van der Waals surface area contributed by atoms with Crippen LogP contribution in [0.3, 0.4) is 0 Å². The van der Waals surface area contributed by atoms with Crippen LogP contribution < -0.4 is 0 Å². The molecular weight excluding hydrogens is 281 g/mol. The van der Waals surface area contributed by atoms with Gasteiger partial charge in [-0.2, -0.15) is 0 Å². The molecule has 1 aromatic carbocycles. The zero-order valence-electron chi connectivity index (χ0n) is 6.87. The van der Waals surface area contributed by atoms with Gasteiger partial charge in [-0.1, -0.05) is 0 Å². The van der Waals surface area contributed by atoms with Gasteiger partial charge < -0.3 is 4.42 Å². The molecule has 3 nitrogen and oxygen atoms in total. The number of Topliss-reactive ketones (excluding diaryl/α,β-unsaturated/α-hetero) is 1. The number of ketones is 1. The maximum absolute atomic E-state index is 10.9. The van der Waals surface area contributed by atoms with Crippen LogP contribution in [0.4, 0.5) is 0 Å². The van der Waals surface area contributed by atoms with E-state index in [4.69, 9.17) is 4.42 Å². The minimum atomic E-state index is -0.147. The second kappa shape index (κ2) is 3.10. The maximum atomic E-state index is 10.9. The molecule has 0 amide bonds. The quantitative estimate of drug-likeness (QED) is 0.598. The van der Waals surface area contributed by atoms with Gasteiger partial charge in [0.15, 0.2) is 5.58 Å². The summed E-state index contributed by atoms with van der Waals surface area (Å²) in [7, 11) is 0. The minimum Gasteiger partial charge on any atom is -0.434 e. The molecule has 0 spiro atoms. The van der Waals surface area contributed by atoms with Gasteiger partial charge in [0.2, 0.25) is 5.78 Å². The first-order valence-electron chi connectivity index (χ1n) is 3.74. The minimum absolute atomic E-state index is 0.147. The Morgan fingerprint density at radius 2 is 2.31 bits per heavy atom. The number of halogens is 1. The summed E-state index contributed by atoms with van der Waals surface area (Å²) >= 11 is 2.19. The number of aromatic nitrogens is 1. The molecule has 0 saturated heterocycles. The van der Waals surface area contributed by atoms with E-state index in [1.165, 1.54) is 6.92 Å². The molecule has 0 saturated carbocycles. The predicted molar refractivity (Wildman–Crippen MR) is 56.7 cm³/mol. The summed E-state index contributed by atoms with van der Waals surface area (Å²) in [6.07, 6.45) is 0. The summed E-state index contributed by atoms with van der Waals surface area (Å²) in [5.41, 5.74) is 1.39. The van der Waals surface area contributed by atoms with Crippen molar-refractivity contribution in [2.75, 3.05) is 0 Å². The topological polar surface area (TPSA) is 43.1 Å². The molecular formula is C9H6INO2. The highest BCUT2D eigenvalue weighted by Gasteiger charge is 2.09. The average molecular weight is 287 g/mol. The largest absolute Gasteiger partial charge is 0.434 e. The van der Waals surface area contributed by atoms with Crippen LogP contribution in [0.25, 0.3) is 11.1 Å². The van der Waals surface area contributed by atoms with Crippen molar-refractivity contribution in [2.45, 2.75) is 6.92 Å². The van der Waals surface area contributed by atoms with Crippen LogP contribution in [0.5, 0.6) is 0 Å². The zero-order valence-corrected chi connectivity index (χ0v) is 9.03. The van der Waals surface area contributed by atoms with Crippen molar-refractivity contribution in [3.05, 3.63) is 27.7 Å². The summed E-state index contributed by atoms with van der Waals surface area (Å²) in [5.74, 6) is 0.0307. The van der Waals surface area contributed by atoms with E-state index in [0.717, 1.165) is 9.09 Å². The van der Waals surface area contributed by atoms with Crippen LogP contribution in [0.2, 0.25) is 0 Å². The van der Waals surface area contributed by atoms with E-state index < -0.39 is 0 Å². The van der Waals surface area contributed by atoms with Crippen molar-refractivity contribution in [2.24, 2.45) is 0 Å². The van der Waals surface area contributed by atoms with E-state index in [9.17, 15) is 4.79 Å². The smallest absolute Gasteiger partial charge is 0.263 e. The number of nitrogens with zero attached hydrogens (tertiary/aromatic N) is 1. The monoisotopic (exact) mass is 287 g/mol. The van der Waals surface area contributed by atoms with Gasteiger partial charge in [0.1, 0.15) is 5.52 Å². The molecule has 0 fully saturated rings. The Morgan fingerprint density at radius 3 is 3.00 bits per heavy atom. The Bertz CT molecular complexity index is 475. The van der Waals surface area contributed by atoms with Crippen molar-refractivity contribution in [1.29, 1.82) is 0 Å². The van der Waals surface area contributed by atoms with Gasteiger partial charge in [-0.05, 0) is 40.8 Å². The molecule has 1 heterocycles. The third-order valence-electron chi connectivity index (χ3n) is 1.65. The van der Waals surface area contributed by atoms with Crippen LogP contribution in [0.15, 0.2) is 22.6 Å². The van der Waals surface area contributed by atoms with Crippen LogP contribution in [-0.4, -0.2) is 10.8 Å². The van der Waals surface area contributed by atoms with E-state index in [1.54, 1.807) is 0 Å². The van der Waals surface area contributed by atoms with Gasteiger partial charge in [0, 0.05) is 10.5 Å². The van der Waals surface area contributed by atoms with E-state index >= 15 is 0 Å². The zero-order chi connectivity index (χ0) is 9.42. The third-order valence-corrected chi connectivity index (χ3v) is 2.32. The van der Waals surface area contributed by atoms with Crippen molar-refractivity contribution < 1.29 is 9.21 Å². The van der Waals surface area contributed by atoms with Gasteiger partial charge in [-0.3, -0.25) is 4.79 Å². The second-order valence-corrected chi connectivity index (χ2v) is 3.93. The Balaban J connectivity index is 2.68. The molecule has 2 aromatic rings. The van der Waals surface area contributed by atoms with E-state index in [2.05, 4.69) is 27.6 Å². The molecule has 0 radical (unpaired) electrons. The molecule has 0 aliphatic rings. The van der Waals surface area contributed by atoms with Crippen molar-refractivity contribution >= 4 is 39.5 Å². The lowest BCUT2D eigenvalue weighted by Crippen LogP contribution is -1.89. The lowest BCUT2D eigenvalue weighted by atomic mass is 10.3. The number of oxazole rings is 1. The highest BCUT2D eigenvalue weighted by Crippen LogP contribution is 2.18. The molecule has 2 rings (SSSR count). The molecule has 4 heteroatoms. The highest BCUT2D eigenvalue weighted by molar-refractivity contribution is 14.1. The van der Waals surface area contributed by atoms with E-state index in [0.29, 0.717) is 5.58 Å². The van der Waals surface area contributed by atoms with Gasteiger partial charge in [0.25, 0.3) is 5.89 Å². The van der Waals surface area contributed by atoms with Gasteiger partial charge in [-0.15, -0.1) is 0 Å². The molecule has 1 aromatic heterocycles. The fraction of sp³-hybridized carbons (Fsp3) is 0.111.